The second-order valence-corrected chi connectivity index (χ2v) is 9.04. The van der Waals surface area contributed by atoms with E-state index in [0.29, 0.717) is 5.56 Å². The first-order valence-corrected chi connectivity index (χ1v) is 11.5. The molecule has 2 aromatic carbocycles. The topological polar surface area (TPSA) is 91.4 Å². The number of rotatable bonds is 7. The maximum Gasteiger partial charge on any atom is 0.416 e. The number of carbonyl (C=O) groups excluding carboxylic acids is 1. The van der Waals surface area contributed by atoms with Crippen LogP contribution in [0, 0.1) is 0 Å². The Morgan fingerprint density at radius 3 is 2.19 bits per heavy atom. The third kappa shape index (κ3) is 6.95. The lowest BCUT2D eigenvalue weighted by atomic mass is 10.0. The molecule has 0 unspecified atom stereocenters. The molecular weight excluding hydrogens is 514 g/mol. The zero-order valence-electron chi connectivity index (χ0n) is 18.1. The lowest BCUT2D eigenvalue weighted by Crippen LogP contribution is -2.50. The number of carbonyl (C=O) groups is 1. The number of pyridine rings is 1. The first kappa shape index (κ1) is 26.9. The van der Waals surface area contributed by atoms with Crippen molar-refractivity contribution in [2.24, 2.45) is 0 Å². The molecule has 0 radical (unpaired) electrons. The highest BCUT2D eigenvalue weighted by molar-refractivity contribution is 7.89. The molecule has 0 bridgehead atoms. The molecular formula is C22H18F6N4O3S. The van der Waals surface area contributed by atoms with Crippen molar-refractivity contribution in [2.45, 2.75) is 30.3 Å². The van der Waals surface area contributed by atoms with E-state index in [-0.39, 0.29) is 34.6 Å². The minimum Gasteiger partial charge on any atom is -0.333 e. The summed E-state index contributed by atoms with van der Waals surface area (Å²) in [6.45, 7) is -1.35. The molecule has 0 fully saturated rings. The molecule has 0 aliphatic rings. The van der Waals surface area contributed by atoms with Crippen LogP contribution in [0.25, 0.3) is 0 Å². The summed E-state index contributed by atoms with van der Waals surface area (Å²) < 4.78 is 106. The van der Waals surface area contributed by atoms with Gasteiger partial charge >= 0.3 is 18.4 Å². The van der Waals surface area contributed by atoms with E-state index in [1.54, 1.807) is 12.1 Å². The van der Waals surface area contributed by atoms with Gasteiger partial charge in [0.05, 0.1) is 22.6 Å². The summed E-state index contributed by atoms with van der Waals surface area (Å²) >= 11 is 0. The highest BCUT2D eigenvalue weighted by Crippen LogP contribution is 2.37. The average molecular weight is 532 g/mol. The minimum absolute atomic E-state index is 0.190. The van der Waals surface area contributed by atoms with Gasteiger partial charge in [-0.2, -0.15) is 26.3 Å². The van der Waals surface area contributed by atoms with Gasteiger partial charge in [-0.25, -0.2) is 18.2 Å². The van der Waals surface area contributed by atoms with Crippen LogP contribution in [0.5, 0.6) is 0 Å². The van der Waals surface area contributed by atoms with Crippen LogP contribution >= 0.6 is 0 Å². The molecule has 2 N–H and O–H groups in total. The number of hydrazine groups is 1. The summed E-state index contributed by atoms with van der Waals surface area (Å²) in [7, 11) is -4.50. The van der Waals surface area contributed by atoms with Crippen LogP contribution in [-0.4, -0.2) is 24.4 Å². The van der Waals surface area contributed by atoms with Crippen LogP contribution < -0.4 is 10.1 Å². The fourth-order valence-corrected chi connectivity index (χ4v) is 4.12. The summed E-state index contributed by atoms with van der Waals surface area (Å²) in [6, 6.07) is 9.21. The Morgan fingerprint density at radius 1 is 0.917 bits per heavy atom. The molecule has 0 saturated carbocycles. The summed E-state index contributed by atoms with van der Waals surface area (Å²) in [5.74, 6) is 0. The second kappa shape index (κ2) is 10.5. The van der Waals surface area contributed by atoms with Crippen molar-refractivity contribution >= 4 is 16.1 Å². The molecule has 0 spiro atoms. The van der Waals surface area contributed by atoms with E-state index in [1.807, 2.05) is 4.83 Å². The van der Waals surface area contributed by atoms with Gasteiger partial charge < -0.3 is 5.32 Å². The van der Waals surface area contributed by atoms with Gasteiger partial charge in [-0.1, -0.05) is 24.3 Å². The van der Waals surface area contributed by atoms with Crippen LogP contribution in [0.3, 0.4) is 0 Å². The van der Waals surface area contributed by atoms with Crippen molar-refractivity contribution in [1.82, 2.24) is 20.1 Å². The smallest absolute Gasteiger partial charge is 0.333 e. The van der Waals surface area contributed by atoms with Crippen molar-refractivity contribution < 1.29 is 39.6 Å². The standard InChI is InChI=1S/C22H18F6N4O3S/c23-21(24,25)17-8-9-19(22(26,27)28)16(11-17)14-32(20(33)30-13-15-5-4-10-29-12-15)31-36(34,35)18-6-2-1-3-7-18/h1-12,31H,13-14H2,(H,30,33). The van der Waals surface area contributed by atoms with Crippen LogP contribution in [0.4, 0.5) is 31.1 Å². The fourth-order valence-electron chi connectivity index (χ4n) is 3.07. The van der Waals surface area contributed by atoms with Gasteiger partial charge in [0.25, 0.3) is 10.0 Å². The molecule has 2 amide bonds. The number of hydrogen-bond acceptors (Lipinski definition) is 4. The number of nitrogens with zero attached hydrogens (tertiary/aromatic N) is 2. The predicted octanol–water partition coefficient (Wildman–Crippen LogP) is 4.72. The Kier molecular flexibility index (Phi) is 7.89. The molecule has 14 heteroatoms. The maximum atomic E-state index is 13.6. The van der Waals surface area contributed by atoms with Crippen LogP contribution in [0.2, 0.25) is 0 Å². The van der Waals surface area contributed by atoms with Gasteiger partial charge in [-0.15, -0.1) is 4.83 Å². The van der Waals surface area contributed by atoms with Gasteiger partial charge in [0.1, 0.15) is 0 Å². The number of benzene rings is 2. The number of halogens is 6. The molecule has 0 aliphatic heterocycles. The lowest BCUT2D eigenvalue weighted by molar-refractivity contribution is -0.142. The normalized spacial score (nSPS) is 12.3. The van der Waals surface area contributed by atoms with Crippen molar-refractivity contribution in [3.8, 4) is 0 Å². The molecule has 0 aliphatic carbocycles. The first-order valence-electron chi connectivity index (χ1n) is 10.1. The molecule has 36 heavy (non-hydrogen) atoms. The third-order valence-electron chi connectivity index (χ3n) is 4.76. The lowest BCUT2D eigenvalue weighted by Gasteiger charge is -2.25. The van der Waals surface area contributed by atoms with Gasteiger partial charge in [0.15, 0.2) is 0 Å². The van der Waals surface area contributed by atoms with E-state index in [1.165, 1.54) is 42.7 Å². The van der Waals surface area contributed by atoms with Gasteiger partial charge in [0.2, 0.25) is 0 Å². The highest BCUT2D eigenvalue weighted by Gasteiger charge is 2.38. The molecule has 3 rings (SSSR count). The Morgan fingerprint density at radius 2 is 1.61 bits per heavy atom. The Balaban J connectivity index is 1.99. The largest absolute Gasteiger partial charge is 0.416 e. The Labute approximate surface area is 201 Å². The Bertz CT molecular complexity index is 1300. The van der Waals surface area contributed by atoms with Crippen molar-refractivity contribution in [2.75, 3.05) is 0 Å². The summed E-state index contributed by atoms with van der Waals surface area (Å²) in [4.78, 5) is 18.2. The van der Waals surface area contributed by atoms with Gasteiger partial charge in [0, 0.05) is 18.9 Å². The van der Waals surface area contributed by atoms with Gasteiger partial charge in [-0.3, -0.25) is 4.98 Å². The number of nitrogens with one attached hydrogen (secondary N) is 2. The average Bonchev–Trinajstić information content (AvgIpc) is 2.82. The van der Waals surface area contributed by atoms with Crippen molar-refractivity contribution in [1.29, 1.82) is 0 Å². The van der Waals surface area contributed by atoms with Crippen LogP contribution in [0.15, 0.2) is 78.0 Å². The number of alkyl halides is 6. The van der Waals surface area contributed by atoms with Crippen LogP contribution in [0.1, 0.15) is 22.3 Å². The van der Waals surface area contributed by atoms with E-state index in [2.05, 4.69) is 10.3 Å². The highest BCUT2D eigenvalue weighted by atomic mass is 32.2. The molecule has 0 atom stereocenters. The molecule has 3 aromatic rings. The summed E-state index contributed by atoms with van der Waals surface area (Å²) in [5, 5.41) is 2.58. The van der Waals surface area contributed by atoms with Crippen molar-refractivity contribution in [3.05, 3.63) is 95.3 Å². The predicted molar refractivity (Wildman–Crippen MR) is 115 cm³/mol. The first-order chi connectivity index (χ1) is 16.8. The van der Waals surface area contributed by atoms with E-state index in [0.717, 1.165) is 0 Å². The molecule has 1 heterocycles. The van der Waals surface area contributed by atoms with Crippen molar-refractivity contribution in [3.63, 3.8) is 0 Å². The molecule has 0 saturated heterocycles. The number of urea groups is 1. The second-order valence-electron chi connectivity index (χ2n) is 7.38. The number of sulfonamides is 1. The van der Waals surface area contributed by atoms with Gasteiger partial charge in [-0.05, 0) is 47.5 Å². The quantitative estimate of drug-likeness (QED) is 0.340. The summed E-state index contributed by atoms with van der Waals surface area (Å²) in [6.07, 6.45) is -7.21. The number of amides is 2. The molecule has 7 nitrogen and oxygen atoms in total. The van der Waals surface area contributed by atoms with E-state index >= 15 is 0 Å². The fraction of sp³-hybridized carbons (Fsp3) is 0.182. The number of hydrogen-bond donors (Lipinski definition) is 2. The van der Waals surface area contributed by atoms with E-state index < -0.39 is 51.6 Å². The summed E-state index contributed by atoms with van der Waals surface area (Å²) in [5.41, 5.74) is -3.34. The maximum absolute atomic E-state index is 13.6. The zero-order valence-corrected chi connectivity index (χ0v) is 19.0. The van der Waals surface area contributed by atoms with Crippen LogP contribution in [-0.2, 0) is 35.5 Å². The molecule has 192 valence electrons. The van der Waals surface area contributed by atoms with E-state index in [4.69, 9.17) is 0 Å². The minimum atomic E-state index is -5.07. The monoisotopic (exact) mass is 532 g/mol. The number of aromatic nitrogens is 1. The van der Waals surface area contributed by atoms with E-state index in [9.17, 15) is 39.6 Å². The zero-order chi connectivity index (χ0) is 26.6. The Hall–Kier alpha value is -3.65. The third-order valence-corrected chi connectivity index (χ3v) is 6.12. The SMILES string of the molecule is O=C(NCc1cccnc1)N(Cc1cc(C(F)(F)F)ccc1C(F)(F)F)NS(=O)(=O)c1ccccc1. The molecule has 1 aromatic heterocycles.